The Balaban J connectivity index is 1.81. The molecule has 0 fully saturated rings. The van der Waals surface area contributed by atoms with Gasteiger partial charge in [-0.2, -0.15) is 4.37 Å². The molecular formula is C12H14ClN3OS2. The number of halogens is 1. The minimum atomic E-state index is 0.661. The van der Waals surface area contributed by atoms with Crippen LogP contribution in [-0.4, -0.2) is 29.6 Å². The molecule has 0 amide bonds. The molecule has 19 heavy (non-hydrogen) atoms. The van der Waals surface area contributed by atoms with E-state index in [1.54, 1.807) is 18.9 Å². The van der Waals surface area contributed by atoms with E-state index < -0.39 is 0 Å². The van der Waals surface area contributed by atoms with Crippen LogP contribution in [-0.2, 0) is 10.5 Å². The van der Waals surface area contributed by atoms with Crippen molar-refractivity contribution in [2.24, 2.45) is 0 Å². The van der Waals surface area contributed by atoms with Gasteiger partial charge in [0.25, 0.3) is 0 Å². The van der Waals surface area contributed by atoms with E-state index in [0.717, 1.165) is 33.2 Å². The quantitative estimate of drug-likeness (QED) is 0.625. The average molecular weight is 316 g/mol. The first-order valence-electron chi connectivity index (χ1n) is 5.71. The zero-order chi connectivity index (χ0) is 13.5. The number of methoxy groups -OCH3 is 1. The number of hydrogen-bond donors (Lipinski definition) is 1. The van der Waals surface area contributed by atoms with Crippen LogP contribution in [0.1, 0.15) is 5.82 Å². The van der Waals surface area contributed by atoms with Crippen LogP contribution < -0.4 is 5.32 Å². The molecule has 2 rings (SSSR count). The number of nitrogens with zero attached hydrogens (tertiary/aromatic N) is 2. The third-order valence-corrected chi connectivity index (χ3v) is 4.20. The fraction of sp³-hybridized carbons (Fsp3) is 0.333. The molecule has 1 aromatic heterocycles. The lowest BCUT2D eigenvalue weighted by Gasteiger charge is -1.99. The highest BCUT2D eigenvalue weighted by molar-refractivity contribution is 7.98. The molecule has 7 heteroatoms. The van der Waals surface area contributed by atoms with E-state index in [1.807, 2.05) is 24.3 Å². The van der Waals surface area contributed by atoms with Gasteiger partial charge in [0.05, 0.1) is 12.4 Å². The number of benzene rings is 1. The van der Waals surface area contributed by atoms with Gasteiger partial charge in [0.2, 0.25) is 5.13 Å². The second kappa shape index (κ2) is 7.69. The summed E-state index contributed by atoms with van der Waals surface area (Å²) in [5.74, 6) is 1.59. The number of ether oxygens (including phenoxy) is 1. The molecule has 0 atom stereocenters. The predicted octanol–water partition coefficient (Wildman–Crippen LogP) is 3.54. The summed E-state index contributed by atoms with van der Waals surface area (Å²) in [6.45, 7) is 1.41. The highest BCUT2D eigenvalue weighted by Crippen LogP contribution is 2.24. The first-order valence-corrected chi connectivity index (χ1v) is 7.85. The molecule has 0 aliphatic heterocycles. The van der Waals surface area contributed by atoms with Crippen molar-refractivity contribution in [2.75, 3.05) is 25.6 Å². The van der Waals surface area contributed by atoms with Gasteiger partial charge in [-0.05, 0) is 24.3 Å². The predicted molar refractivity (Wildman–Crippen MR) is 81.3 cm³/mol. The topological polar surface area (TPSA) is 47.0 Å². The first kappa shape index (κ1) is 14.6. The van der Waals surface area contributed by atoms with Gasteiger partial charge < -0.3 is 10.1 Å². The van der Waals surface area contributed by atoms with Crippen molar-refractivity contribution in [3.8, 4) is 0 Å². The molecule has 0 saturated carbocycles. The first-order chi connectivity index (χ1) is 9.28. The molecule has 102 valence electrons. The number of anilines is 1. The van der Waals surface area contributed by atoms with E-state index in [1.165, 1.54) is 11.5 Å². The smallest absolute Gasteiger partial charge is 0.202 e. The summed E-state index contributed by atoms with van der Waals surface area (Å²) < 4.78 is 9.27. The molecule has 0 aliphatic carbocycles. The molecule has 4 nitrogen and oxygen atoms in total. The van der Waals surface area contributed by atoms with Gasteiger partial charge in [-0.1, -0.05) is 11.6 Å². The minimum Gasteiger partial charge on any atom is -0.383 e. The van der Waals surface area contributed by atoms with Gasteiger partial charge in [-0.25, -0.2) is 4.98 Å². The molecule has 2 aromatic rings. The highest BCUT2D eigenvalue weighted by Gasteiger charge is 2.04. The summed E-state index contributed by atoms with van der Waals surface area (Å²) in [6.07, 6.45) is 0. The van der Waals surface area contributed by atoms with Crippen molar-refractivity contribution in [1.82, 2.24) is 9.36 Å². The molecular weight excluding hydrogens is 302 g/mol. The molecule has 1 aromatic carbocycles. The normalized spacial score (nSPS) is 10.6. The Morgan fingerprint density at radius 2 is 2.16 bits per heavy atom. The zero-order valence-electron chi connectivity index (χ0n) is 10.4. The van der Waals surface area contributed by atoms with Crippen LogP contribution in [0.3, 0.4) is 0 Å². The van der Waals surface area contributed by atoms with Gasteiger partial charge in [0.15, 0.2) is 5.82 Å². The van der Waals surface area contributed by atoms with Gasteiger partial charge in [-0.15, -0.1) is 11.8 Å². The minimum absolute atomic E-state index is 0.661. The second-order valence-corrected chi connectivity index (χ2v) is 5.91. The van der Waals surface area contributed by atoms with Crippen molar-refractivity contribution >= 4 is 40.0 Å². The Hall–Kier alpha value is -0.820. The van der Waals surface area contributed by atoms with E-state index in [-0.39, 0.29) is 0 Å². The maximum absolute atomic E-state index is 5.84. The van der Waals surface area contributed by atoms with Crippen molar-refractivity contribution in [3.05, 3.63) is 35.1 Å². The summed E-state index contributed by atoms with van der Waals surface area (Å²) in [6, 6.07) is 7.76. The molecule has 1 N–H and O–H groups in total. The molecule has 0 bridgehead atoms. The van der Waals surface area contributed by atoms with Crippen LogP contribution in [0.25, 0.3) is 0 Å². The number of nitrogens with one attached hydrogen (secondary N) is 1. The van der Waals surface area contributed by atoms with Gasteiger partial charge >= 0.3 is 0 Å². The van der Waals surface area contributed by atoms with Gasteiger partial charge in [-0.3, -0.25) is 0 Å². The molecule has 1 heterocycles. The zero-order valence-corrected chi connectivity index (χ0v) is 12.8. The molecule has 0 spiro atoms. The Morgan fingerprint density at radius 3 is 2.89 bits per heavy atom. The maximum Gasteiger partial charge on any atom is 0.202 e. The molecule has 0 aliphatic rings. The van der Waals surface area contributed by atoms with E-state index in [2.05, 4.69) is 14.7 Å². The van der Waals surface area contributed by atoms with Crippen molar-refractivity contribution in [2.45, 2.75) is 10.6 Å². The van der Waals surface area contributed by atoms with Crippen molar-refractivity contribution < 1.29 is 4.74 Å². The summed E-state index contributed by atoms with van der Waals surface area (Å²) >= 11 is 8.91. The van der Waals surface area contributed by atoms with Crippen LogP contribution in [0.2, 0.25) is 5.02 Å². The summed E-state index contributed by atoms with van der Waals surface area (Å²) in [7, 11) is 1.68. The average Bonchev–Trinajstić information content (AvgIpc) is 2.86. The van der Waals surface area contributed by atoms with Crippen LogP contribution in [0.5, 0.6) is 0 Å². The fourth-order valence-electron chi connectivity index (χ4n) is 1.32. The lowest BCUT2D eigenvalue weighted by molar-refractivity contribution is 0.211. The fourth-order valence-corrected chi connectivity index (χ4v) is 2.89. The Bertz CT molecular complexity index is 504. The lowest BCUT2D eigenvalue weighted by Crippen LogP contribution is -2.07. The van der Waals surface area contributed by atoms with E-state index >= 15 is 0 Å². The van der Waals surface area contributed by atoms with Crippen LogP contribution in [0.15, 0.2) is 29.2 Å². The summed E-state index contributed by atoms with van der Waals surface area (Å²) in [5, 5.41) is 4.75. The molecule has 0 radical (unpaired) electrons. The largest absolute Gasteiger partial charge is 0.383 e. The monoisotopic (exact) mass is 315 g/mol. The number of rotatable bonds is 7. The Kier molecular flexibility index (Phi) is 5.91. The summed E-state index contributed by atoms with van der Waals surface area (Å²) in [4.78, 5) is 5.57. The Morgan fingerprint density at radius 1 is 1.37 bits per heavy atom. The van der Waals surface area contributed by atoms with Gasteiger partial charge in [0.1, 0.15) is 0 Å². The van der Waals surface area contributed by atoms with Crippen molar-refractivity contribution in [1.29, 1.82) is 0 Å². The van der Waals surface area contributed by atoms with Gasteiger partial charge in [0, 0.05) is 35.1 Å². The van der Waals surface area contributed by atoms with E-state index in [9.17, 15) is 0 Å². The number of thioether (sulfide) groups is 1. The maximum atomic E-state index is 5.84. The van der Waals surface area contributed by atoms with Crippen LogP contribution >= 0.6 is 34.9 Å². The Labute approximate surface area is 125 Å². The highest BCUT2D eigenvalue weighted by atomic mass is 35.5. The van der Waals surface area contributed by atoms with Crippen LogP contribution in [0, 0.1) is 0 Å². The number of aromatic nitrogens is 2. The lowest BCUT2D eigenvalue weighted by atomic mass is 10.4. The summed E-state index contributed by atoms with van der Waals surface area (Å²) in [5.41, 5.74) is 0. The second-order valence-electron chi connectivity index (χ2n) is 3.68. The third kappa shape index (κ3) is 4.99. The molecule has 0 unspecified atom stereocenters. The van der Waals surface area contributed by atoms with E-state index in [0.29, 0.717) is 6.61 Å². The van der Waals surface area contributed by atoms with Crippen molar-refractivity contribution in [3.63, 3.8) is 0 Å². The van der Waals surface area contributed by atoms with E-state index in [4.69, 9.17) is 16.3 Å². The number of hydrogen-bond acceptors (Lipinski definition) is 6. The molecule has 0 saturated heterocycles. The standard InChI is InChI=1S/C12H14ClN3OS2/c1-17-7-6-14-12-15-11(16-19-12)8-18-10-4-2-9(13)3-5-10/h2-5H,6-8H2,1H3,(H,14,15,16). The third-order valence-electron chi connectivity index (χ3n) is 2.23. The van der Waals surface area contributed by atoms with Crippen LogP contribution in [0.4, 0.5) is 5.13 Å². The SMILES string of the molecule is COCCNc1nc(CSc2ccc(Cl)cc2)ns1.